The predicted octanol–water partition coefficient (Wildman–Crippen LogP) is 13.3. The molecule has 0 aliphatic rings. The zero-order valence-corrected chi connectivity index (χ0v) is 30.4. The summed E-state index contributed by atoms with van der Waals surface area (Å²) in [6.45, 7) is 6.36. The van der Waals surface area contributed by atoms with Crippen molar-refractivity contribution in [3.8, 4) is 44.9 Å². The van der Waals surface area contributed by atoms with Crippen LogP contribution in [0.15, 0.2) is 200 Å². The molecule has 0 atom stereocenters. The monoisotopic (exact) mass is 707 g/mol. The number of aromatic nitrogens is 2. The lowest BCUT2D eigenvalue weighted by Crippen LogP contribution is -1.98. The Hall–Kier alpha value is -7.30. The van der Waals surface area contributed by atoms with Crippen molar-refractivity contribution in [2.45, 2.75) is 6.92 Å². The molecule has 0 fully saturated rings. The van der Waals surface area contributed by atoms with Crippen LogP contribution in [0.4, 0.5) is 5.69 Å². The summed E-state index contributed by atoms with van der Waals surface area (Å²) in [6.07, 6.45) is 3.90. The molecule has 0 aliphatic carbocycles. The third kappa shape index (κ3) is 6.85. The van der Waals surface area contributed by atoms with Crippen molar-refractivity contribution in [1.29, 1.82) is 0 Å². The number of benzene rings is 7. The van der Waals surface area contributed by atoms with E-state index in [9.17, 15) is 0 Å². The molecule has 0 spiro atoms. The number of pyridine rings is 1. The van der Waals surface area contributed by atoms with Gasteiger partial charge in [0.15, 0.2) is 0 Å². The van der Waals surface area contributed by atoms with Gasteiger partial charge in [-0.05, 0) is 125 Å². The highest BCUT2D eigenvalue weighted by Crippen LogP contribution is 2.36. The lowest BCUT2D eigenvalue weighted by Gasteiger charge is -2.13. The minimum atomic E-state index is 0.592. The van der Waals surface area contributed by atoms with Crippen LogP contribution >= 0.6 is 0 Å². The van der Waals surface area contributed by atoms with Crippen LogP contribution in [-0.2, 0) is 0 Å². The number of para-hydroxylation sites is 2. The Morgan fingerprint density at radius 3 is 1.78 bits per heavy atom. The fraction of sp³-hybridized carbons (Fsp3) is 0.0196. The van der Waals surface area contributed by atoms with Gasteiger partial charge in [-0.1, -0.05) is 110 Å². The Morgan fingerprint density at radius 1 is 0.564 bits per heavy atom. The fourth-order valence-corrected chi connectivity index (χ4v) is 7.15. The molecule has 0 bridgehead atoms. The van der Waals surface area contributed by atoms with Crippen LogP contribution in [0.1, 0.15) is 16.7 Å². The number of hydrogen-bond acceptors (Lipinski definition) is 3. The molecule has 4 heteroatoms. The van der Waals surface area contributed by atoms with Crippen molar-refractivity contribution in [3.05, 3.63) is 211 Å². The van der Waals surface area contributed by atoms with E-state index in [1.807, 2.05) is 73.9 Å². The van der Waals surface area contributed by atoms with E-state index in [1.165, 1.54) is 22.3 Å². The standard InChI is InChI=1S/C51H37N3O/c1-35-14-12-13-21-50(35)55-36(2)40-23-26-49-47(32-40)46-28-37(33-52-45-19-10-5-11-20-45)22-25-48(46)54(49)51-27-24-41(34-53-51)44-30-42(38-15-6-3-7-16-38)29-43(31-44)39-17-8-4-9-18-39/h3-34H,2H2,1H3. The minimum Gasteiger partial charge on any atom is -0.457 e. The Bertz CT molecular complexity index is 2780. The molecular weight excluding hydrogens is 671 g/mol. The van der Waals surface area contributed by atoms with Gasteiger partial charge in [-0.3, -0.25) is 9.56 Å². The minimum absolute atomic E-state index is 0.592. The molecule has 2 aromatic heterocycles. The average Bonchev–Trinajstić information content (AvgIpc) is 3.57. The molecule has 9 rings (SSSR count). The smallest absolute Gasteiger partial charge is 0.137 e. The van der Waals surface area contributed by atoms with Crippen molar-refractivity contribution in [1.82, 2.24) is 9.55 Å². The first-order chi connectivity index (χ1) is 27.1. The molecule has 9 aromatic rings. The molecule has 0 unspecified atom stereocenters. The van der Waals surface area contributed by atoms with E-state index in [0.717, 1.165) is 66.9 Å². The Labute approximate surface area is 321 Å². The molecule has 2 heterocycles. The van der Waals surface area contributed by atoms with Gasteiger partial charge in [0.2, 0.25) is 0 Å². The van der Waals surface area contributed by atoms with Gasteiger partial charge in [0.25, 0.3) is 0 Å². The number of hydrogen-bond donors (Lipinski definition) is 0. The number of fused-ring (bicyclic) bond motifs is 3. The third-order valence-corrected chi connectivity index (χ3v) is 10.0. The highest BCUT2D eigenvalue weighted by molar-refractivity contribution is 6.11. The topological polar surface area (TPSA) is 39.4 Å². The van der Waals surface area contributed by atoms with E-state index >= 15 is 0 Å². The first-order valence-electron chi connectivity index (χ1n) is 18.4. The van der Waals surface area contributed by atoms with Crippen molar-refractivity contribution < 1.29 is 4.74 Å². The maximum atomic E-state index is 6.29. The van der Waals surface area contributed by atoms with Crippen molar-refractivity contribution in [2.75, 3.05) is 0 Å². The normalized spacial score (nSPS) is 11.4. The van der Waals surface area contributed by atoms with Crippen molar-refractivity contribution in [3.63, 3.8) is 0 Å². The van der Waals surface area contributed by atoms with Gasteiger partial charge in [0.1, 0.15) is 17.3 Å². The maximum absolute atomic E-state index is 6.29. The van der Waals surface area contributed by atoms with Gasteiger partial charge in [-0.2, -0.15) is 0 Å². The quantitative estimate of drug-likeness (QED) is 0.111. The molecule has 0 saturated heterocycles. The summed E-state index contributed by atoms with van der Waals surface area (Å²) in [6, 6.07) is 63.0. The van der Waals surface area contributed by atoms with Crippen molar-refractivity contribution in [2.24, 2.45) is 4.99 Å². The van der Waals surface area contributed by atoms with E-state index < -0.39 is 0 Å². The van der Waals surface area contributed by atoms with Crippen LogP contribution in [0.25, 0.3) is 66.8 Å². The molecule has 262 valence electrons. The maximum Gasteiger partial charge on any atom is 0.137 e. The van der Waals surface area contributed by atoms with E-state index in [2.05, 4.69) is 139 Å². The molecular formula is C51H37N3O. The second-order valence-electron chi connectivity index (χ2n) is 13.7. The van der Waals surface area contributed by atoms with Crippen LogP contribution in [0.3, 0.4) is 0 Å². The van der Waals surface area contributed by atoms with Crippen LogP contribution in [-0.4, -0.2) is 15.8 Å². The molecule has 4 nitrogen and oxygen atoms in total. The third-order valence-electron chi connectivity index (χ3n) is 10.0. The van der Waals surface area contributed by atoms with Crippen LogP contribution in [0.5, 0.6) is 5.75 Å². The summed E-state index contributed by atoms with van der Waals surface area (Å²) >= 11 is 0. The summed E-state index contributed by atoms with van der Waals surface area (Å²) in [5, 5.41) is 2.16. The summed E-state index contributed by atoms with van der Waals surface area (Å²) < 4.78 is 8.52. The average molecular weight is 708 g/mol. The Balaban J connectivity index is 1.14. The van der Waals surface area contributed by atoms with E-state index in [4.69, 9.17) is 14.7 Å². The number of aliphatic imine (C=N–C) groups is 1. The largest absolute Gasteiger partial charge is 0.457 e. The SMILES string of the molecule is C=C(Oc1ccccc1C)c1ccc2c(c1)c1cc(C=Nc3ccccc3)ccc1n2-c1ccc(-c2cc(-c3ccccc3)cc(-c3ccccc3)c2)cn1. The second-order valence-corrected chi connectivity index (χ2v) is 13.7. The second kappa shape index (κ2) is 14.6. The predicted molar refractivity (Wildman–Crippen MR) is 229 cm³/mol. The molecule has 55 heavy (non-hydrogen) atoms. The number of rotatable bonds is 9. The van der Waals surface area contributed by atoms with Crippen LogP contribution < -0.4 is 4.74 Å². The van der Waals surface area contributed by atoms with Gasteiger partial charge in [-0.15, -0.1) is 0 Å². The number of nitrogens with zero attached hydrogens (tertiary/aromatic N) is 3. The molecule has 0 aliphatic heterocycles. The van der Waals surface area contributed by atoms with Gasteiger partial charge in [0.05, 0.1) is 16.7 Å². The highest BCUT2D eigenvalue weighted by atomic mass is 16.5. The van der Waals surface area contributed by atoms with Gasteiger partial charge in [0, 0.05) is 34.3 Å². The first kappa shape index (κ1) is 33.5. The fourth-order valence-electron chi connectivity index (χ4n) is 7.15. The van der Waals surface area contributed by atoms with Gasteiger partial charge >= 0.3 is 0 Å². The molecule has 0 amide bonds. The molecule has 0 N–H and O–H groups in total. The Morgan fingerprint density at radius 2 is 1.15 bits per heavy atom. The molecule has 7 aromatic carbocycles. The van der Waals surface area contributed by atoms with E-state index in [1.54, 1.807) is 0 Å². The molecule has 0 saturated carbocycles. The summed E-state index contributed by atoms with van der Waals surface area (Å²) in [5.74, 6) is 2.22. The zero-order chi connectivity index (χ0) is 37.1. The highest BCUT2D eigenvalue weighted by Gasteiger charge is 2.16. The van der Waals surface area contributed by atoms with Crippen LogP contribution in [0.2, 0.25) is 0 Å². The van der Waals surface area contributed by atoms with E-state index in [0.29, 0.717) is 5.76 Å². The molecule has 0 radical (unpaired) electrons. The Kier molecular flexibility index (Phi) is 8.91. The lowest BCUT2D eigenvalue weighted by atomic mass is 9.94. The summed E-state index contributed by atoms with van der Waals surface area (Å²) in [7, 11) is 0. The van der Waals surface area contributed by atoms with Crippen LogP contribution in [0, 0.1) is 6.92 Å². The number of aryl methyl sites for hydroxylation is 1. The number of ether oxygens (including phenoxy) is 1. The van der Waals surface area contributed by atoms with Crippen molar-refractivity contribution >= 4 is 39.5 Å². The lowest BCUT2D eigenvalue weighted by molar-refractivity contribution is 0.512. The summed E-state index contributed by atoms with van der Waals surface area (Å²) in [4.78, 5) is 9.86. The van der Waals surface area contributed by atoms with E-state index in [-0.39, 0.29) is 0 Å². The van der Waals surface area contributed by atoms with Gasteiger partial charge < -0.3 is 4.74 Å². The summed E-state index contributed by atoms with van der Waals surface area (Å²) in [5.41, 5.74) is 12.8. The van der Waals surface area contributed by atoms with Gasteiger partial charge in [-0.25, -0.2) is 4.98 Å². The zero-order valence-electron chi connectivity index (χ0n) is 30.4. The first-order valence-corrected chi connectivity index (χ1v) is 18.4.